The maximum atomic E-state index is 12.0. The molecule has 0 aromatic heterocycles. The van der Waals surface area contributed by atoms with Gasteiger partial charge in [0.15, 0.2) is 0 Å². The second-order valence-corrected chi connectivity index (χ2v) is 6.45. The number of likely N-dealkylation sites (N-methyl/N-ethyl adjacent to an activating group) is 1. The SMILES string of the molecule is C=CCN(C)C(=O)c1ccc(S(=O)(=O)Cl)cc1C. The van der Waals surface area contributed by atoms with Crippen LogP contribution in [0.3, 0.4) is 0 Å². The van der Waals surface area contributed by atoms with Crippen LogP contribution in [0.4, 0.5) is 0 Å². The summed E-state index contributed by atoms with van der Waals surface area (Å²) in [5, 5.41) is 0. The number of aryl methyl sites for hydroxylation is 1. The summed E-state index contributed by atoms with van der Waals surface area (Å²) in [6.45, 7) is 5.65. The fraction of sp³-hybridized carbons (Fsp3) is 0.250. The molecular weight excluding hydrogens is 274 g/mol. The molecule has 0 saturated heterocycles. The van der Waals surface area contributed by atoms with Crippen LogP contribution in [0.25, 0.3) is 0 Å². The van der Waals surface area contributed by atoms with Crippen molar-refractivity contribution in [2.45, 2.75) is 11.8 Å². The van der Waals surface area contributed by atoms with E-state index in [1.54, 1.807) is 20.0 Å². The third kappa shape index (κ3) is 3.34. The summed E-state index contributed by atoms with van der Waals surface area (Å²) >= 11 is 0. The summed E-state index contributed by atoms with van der Waals surface area (Å²) in [6.07, 6.45) is 1.62. The lowest BCUT2D eigenvalue weighted by atomic mass is 10.1. The van der Waals surface area contributed by atoms with Gasteiger partial charge in [-0.25, -0.2) is 8.42 Å². The largest absolute Gasteiger partial charge is 0.338 e. The zero-order valence-electron chi connectivity index (χ0n) is 10.2. The minimum absolute atomic E-state index is 0.00964. The molecule has 0 bridgehead atoms. The Hall–Kier alpha value is -1.33. The van der Waals surface area contributed by atoms with Gasteiger partial charge < -0.3 is 4.90 Å². The molecule has 0 atom stereocenters. The van der Waals surface area contributed by atoms with Gasteiger partial charge in [-0.3, -0.25) is 4.79 Å². The van der Waals surface area contributed by atoms with Crippen molar-refractivity contribution in [1.82, 2.24) is 4.90 Å². The summed E-state index contributed by atoms with van der Waals surface area (Å²) in [5.74, 6) is -0.189. The van der Waals surface area contributed by atoms with Crippen molar-refractivity contribution in [3.05, 3.63) is 42.0 Å². The Kier molecular flexibility index (Phi) is 4.53. The van der Waals surface area contributed by atoms with Gasteiger partial charge in [-0.2, -0.15) is 0 Å². The average molecular weight is 288 g/mol. The van der Waals surface area contributed by atoms with Crippen LogP contribution in [-0.2, 0) is 9.05 Å². The summed E-state index contributed by atoms with van der Waals surface area (Å²) in [4.78, 5) is 13.5. The number of carbonyl (C=O) groups excluding carboxylic acids is 1. The summed E-state index contributed by atoms with van der Waals surface area (Å²) in [5.41, 5.74) is 1.01. The molecule has 18 heavy (non-hydrogen) atoms. The molecule has 6 heteroatoms. The van der Waals surface area contributed by atoms with Crippen molar-refractivity contribution in [1.29, 1.82) is 0 Å². The number of nitrogens with zero attached hydrogens (tertiary/aromatic N) is 1. The molecule has 98 valence electrons. The fourth-order valence-electron chi connectivity index (χ4n) is 1.51. The van der Waals surface area contributed by atoms with E-state index in [1.165, 1.54) is 23.1 Å². The van der Waals surface area contributed by atoms with Crippen LogP contribution in [0.15, 0.2) is 35.7 Å². The van der Waals surface area contributed by atoms with Crippen molar-refractivity contribution >= 4 is 25.6 Å². The minimum atomic E-state index is -3.77. The molecule has 0 N–H and O–H groups in total. The number of amides is 1. The van der Waals surface area contributed by atoms with Gasteiger partial charge in [0.1, 0.15) is 0 Å². The van der Waals surface area contributed by atoms with Crippen molar-refractivity contribution in [2.24, 2.45) is 0 Å². The molecule has 1 aromatic carbocycles. The molecular formula is C12H14ClNO3S. The molecule has 0 aliphatic rings. The highest BCUT2D eigenvalue weighted by Gasteiger charge is 2.16. The van der Waals surface area contributed by atoms with E-state index in [4.69, 9.17) is 10.7 Å². The smallest absolute Gasteiger partial charge is 0.261 e. The topological polar surface area (TPSA) is 54.5 Å². The highest BCUT2D eigenvalue weighted by Crippen LogP contribution is 2.19. The van der Waals surface area contributed by atoms with Crippen molar-refractivity contribution in [2.75, 3.05) is 13.6 Å². The normalized spacial score (nSPS) is 11.1. The van der Waals surface area contributed by atoms with E-state index >= 15 is 0 Å². The predicted octanol–water partition coefficient (Wildman–Crippen LogP) is 2.18. The Morgan fingerprint density at radius 3 is 2.56 bits per heavy atom. The standard InChI is InChI=1S/C12H14ClNO3S/c1-4-7-14(3)12(15)11-6-5-10(8-9(11)2)18(13,16)17/h4-6,8H,1,7H2,2-3H3. The number of rotatable bonds is 4. The highest BCUT2D eigenvalue weighted by molar-refractivity contribution is 8.13. The molecule has 0 unspecified atom stereocenters. The lowest BCUT2D eigenvalue weighted by Crippen LogP contribution is -2.27. The second-order valence-electron chi connectivity index (χ2n) is 3.89. The minimum Gasteiger partial charge on any atom is -0.338 e. The molecule has 4 nitrogen and oxygen atoms in total. The van der Waals surface area contributed by atoms with Gasteiger partial charge in [-0.15, -0.1) is 6.58 Å². The first-order valence-electron chi connectivity index (χ1n) is 5.19. The van der Waals surface area contributed by atoms with Crippen LogP contribution in [0.1, 0.15) is 15.9 Å². The van der Waals surface area contributed by atoms with Crippen LogP contribution in [0, 0.1) is 6.92 Å². The van der Waals surface area contributed by atoms with Crippen LogP contribution in [0.5, 0.6) is 0 Å². The van der Waals surface area contributed by atoms with E-state index in [0.717, 1.165) is 0 Å². The number of hydrogen-bond donors (Lipinski definition) is 0. The number of halogens is 1. The van der Waals surface area contributed by atoms with E-state index in [-0.39, 0.29) is 10.8 Å². The van der Waals surface area contributed by atoms with Gasteiger partial charge in [-0.05, 0) is 30.7 Å². The highest BCUT2D eigenvalue weighted by atomic mass is 35.7. The molecule has 0 aliphatic carbocycles. The van der Waals surface area contributed by atoms with E-state index in [0.29, 0.717) is 17.7 Å². The number of hydrogen-bond acceptors (Lipinski definition) is 3. The van der Waals surface area contributed by atoms with Gasteiger partial charge in [0.05, 0.1) is 4.90 Å². The zero-order chi connectivity index (χ0) is 13.9. The van der Waals surface area contributed by atoms with Crippen molar-refractivity contribution in [3.63, 3.8) is 0 Å². The van der Waals surface area contributed by atoms with E-state index in [2.05, 4.69) is 6.58 Å². The Morgan fingerprint density at radius 2 is 2.11 bits per heavy atom. The summed E-state index contributed by atoms with van der Waals surface area (Å²) < 4.78 is 22.3. The molecule has 0 heterocycles. The maximum absolute atomic E-state index is 12.0. The average Bonchev–Trinajstić information content (AvgIpc) is 2.27. The lowest BCUT2D eigenvalue weighted by Gasteiger charge is -2.16. The first kappa shape index (κ1) is 14.7. The molecule has 1 amide bonds. The fourth-order valence-corrected chi connectivity index (χ4v) is 2.35. The van der Waals surface area contributed by atoms with Crippen molar-refractivity contribution in [3.8, 4) is 0 Å². The predicted molar refractivity (Wildman–Crippen MR) is 71.4 cm³/mol. The molecule has 0 radical (unpaired) electrons. The molecule has 0 fully saturated rings. The van der Waals surface area contributed by atoms with Gasteiger partial charge in [-0.1, -0.05) is 6.08 Å². The number of carbonyl (C=O) groups is 1. The van der Waals surface area contributed by atoms with Crippen molar-refractivity contribution < 1.29 is 13.2 Å². The van der Waals surface area contributed by atoms with Gasteiger partial charge in [0.25, 0.3) is 15.0 Å². The molecule has 1 aromatic rings. The second kappa shape index (κ2) is 5.54. The molecule has 1 rings (SSSR count). The Morgan fingerprint density at radius 1 is 1.50 bits per heavy atom. The Bertz CT molecular complexity index is 581. The molecule has 0 saturated carbocycles. The van der Waals surface area contributed by atoms with E-state index in [9.17, 15) is 13.2 Å². The third-order valence-electron chi connectivity index (χ3n) is 2.46. The monoisotopic (exact) mass is 287 g/mol. The molecule has 0 spiro atoms. The van der Waals surface area contributed by atoms with E-state index in [1.807, 2.05) is 0 Å². The Balaban J connectivity index is 3.14. The van der Waals surface area contributed by atoms with Crippen LogP contribution in [0.2, 0.25) is 0 Å². The van der Waals surface area contributed by atoms with Gasteiger partial charge in [0, 0.05) is 29.8 Å². The zero-order valence-corrected chi connectivity index (χ0v) is 11.8. The van der Waals surface area contributed by atoms with E-state index < -0.39 is 9.05 Å². The van der Waals surface area contributed by atoms with Crippen LogP contribution in [-0.4, -0.2) is 32.8 Å². The van der Waals surface area contributed by atoms with Crippen LogP contribution < -0.4 is 0 Å². The molecule has 0 aliphatic heterocycles. The van der Waals surface area contributed by atoms with Gasteiger partial charge in [0.2, 0.25) is 0 Å². The first-order chi connectivity index (χ1) is 8.27. The van der Waals surface area contributed by atoms with Gasteiger partial charge >= 0.3 is 0 Å². The van der Waals surface area contributed by atoms with Crippen LogP contribution >= 0.6 is 10.7 Å². The Labute approximate surface area is 111 Å². The maximum Gasteiger partial charge on any atom is 0.261 e. The quantitative estimate of drug-likeness (QED) is 0.630. The third-order valence-corrected chi connectivity index (χ3v) is 3.81. The summed E-state index contributed by atoms with van der Waals surface area (Å²) in [7, 11) is 3.12. The lowest BCUT2D eigenvalue weighted by molar-refractivity contribution is 0.0809. The number of benzene rings is 1. The summed E-state index contributed by atoms with van der Waals surface area (Å²) in [6, 6.07) is 4.17. The first-order valence-corrected chi connectivity index (χ1v) is 7.50.